The Balaban J connectivity index is 1.93. The van der Waals surface area contributed by atoms with E-state index < -0.39 is 23.8 Å². The Kier molecular flexibility index (Phi) is 7.43. The summed E-state index contributed by atoms with van der Waals surface area (Å²) in [5, 5.41) is 4.26. The maximum Gasteiger partial charge on any atom is 0.412 e. The lowest BCUT2D eigenvalue weighted by atomic mass is 10.1. The summed E-state index contributed by atoms with van der Waals surface area (Å²) in [5.41, 5.74) is 0.585. The van der Waals surface area contributed by atoms with E-state index in [1.807, 2.05) is 31.2 Å². The zero-order valence-electron chi connectivity index (χ0n) is 19.5. The van der Waals surface area contributed by atoms with Crippen LogP contribution in [0.4, 0.5) is 10.5 Å². The largest absolute Gasteiger partial charge is 0.494 e. The van der Waals surface area contributed by atoms with Gasteiger partial charge in [0.2, 0.25) is 6.10 Å². The number of carbonyl (C=O) groups is 2. The summed E-state index contributed by atoms with van der Waals surface area (Å²) in [7, 11) is 1.32. The highest BCUT2D eigenvalue weighted by Crippen LogP contribution is 2.35. The van der Waals surface area contributed by atoms with E-state index in [-0.39, 0.29) is 0 Å². The topological polar surface area (TPSA) is 83.1 Å². The molecule has 0 aliphatic heterocycles. The molecule has 0 saturated carbocycles. The number of ether oxygens (including phenoxy) is 4. The Bertz CT molecular complexity index is 1120. The molecule has 3 rings (SSSR count). The third-order valence-electron chi connectivity index (χ3n) is 4.67. The highest BCUT2D eigenvalue weighted by Gasteiger charge is 2.25. The Morgan fingerprint density at radius 1 is 0.939 bits per heavy atom. The summed E-state index contributed by atoms with van der Waals surface area (Å²) >= 11 is 0. The van der Waals surface area contributed by atoms with Gasteiger partial charge in [0.15, 0.2) is 0 Å². The van der Waals surface area contributed by atoms with Gasteiger partial charge in [-0.2, -0.15) is 0 Å². The van der Waals surface area contributed by atoms with Gasteiger partial charge in [0, 0.05) is 16.3 Å². The van der Waals surface area contributed by atoms with Gasteiger partial charge in [-0.05, 0) is 52.0 Å². The molecule has 0 aliphatic carbocycles. The van der Waals surface area contributed by atoms with Crippen LogP contribution < -0.4 is 14.8 Å². The molecule has 1 atom stereocenters. The van der Waals surface area contributed by atoms with Crippen LogP contribution in [0, 0.1) is 0 Å². The molecule has 1 unspecified atom stereocenters. The summed E-state index contributed by atoms with van der Waals surface area (Å²) in [6, 6.07) is 18.0. The van der Waals surface area contributed by atoms with E-state index in [4.69, 9.17) is 18.9 Å². The fourth-order valence-corrected chi connectivity index (χ4v) is 3.29. The monoisotopic (exact) mass is 451 g/mol. The summed E-state index contributed by atoms with van der Waals surface area (Å²) < 4.78 is 22.0. The van der Waals surface area contributed by atoms with Crippen LogP contribution in [0.3, 0.4) is 0 Å². The molecule has 0 spiro atoms. The van der Waals surface area contributed by atoms with E-state index in [1.54, 1.807) is 57.2 Å². The lowest BCUT2D eigenvalue weighted by Gasteiger charge is -2.21. The minimum absolute atomic E-state index is 0.477. The summed E-state index contributed by atoms with van der Waals surface area (Å²) in [6.45, 7) is 7.85. The second-order valence-corrected chi connectivity index (χ2v) is 8.31. The van der Waals surface area contributed by atoms with Crippen LogP contribution in [0.5, 0.6) is 11.5 Å². The number of carbonyl (C=O) groups excluding carboxylic acids is 2. The Labute approximate surface area is 193 Å². The van der Waals surface area contributed by atoms with Crippen molar-refractivity contribution in [3.63, 3.8) is 0 Å². The average Bonchev–Trinajstić information content (AvgIpc) is 2.78. The predicted molar refractivity (Wildman–Crippen MR) is 127 cm³/mol. The minimum Gasteiger partial charge on any atom is -0.494 e. The van der Waals surface area contributed by atoms with Crippen molar-refractivity contribution < 1.29 is 28.5 Å². The molecule has 0 heterocycles. The van der Waals surface area contributed by atoms with Crippen LogP contribution >= 0.6 is 0 Å². The molecule has 0 fully saturated rings. The van der Waals surface area contributed by atoms with Gasteiger partial charge in [-0.1, -0.05) is 36.4 Å². The zero-order chi connectivity index (χ0) is 24.0. The number of hydrogen-bond donors (Lipinski definition) is 1. The van der Waals surface area contributed by atoms with Gasteiger partial charge in [0.25, 0.3) is 0 Å². The van der Waals surface area contributed by atoms with Crippen LogP contribution in [0.15, 0.2) is 60.7 Å². The molecular weight excluding hydrogens is 422 g/mol. The number of amides is 1. The smallest absolute Gasteiger partial charge is 0.412 e. The number of methoxy groups -OCH3 is 1. The SMILES string of the molecule is CCOc1ccc(C(Oc2ccc(NC(=O)OC(C)(C)C)c3ccccc23)C(=O)OC)cc1. The van der Waals surface area contributed by atoms with Crippen molar-refractivity contribution >= 4 is 28.5 Å². The second-order valence-electron chi connectivity index (χ2n) is 8.31. The highest BCUT2D eigenvalue weighted by molar-refractivity contribution is 6.03. The van der Waals surface area contributed by atoms with Gasteiger partial charge in [0.1, 0.15) is 17.1 Å². The van der Waals surface area contributed by atoms with Crippen molar-refractivity contribution in [1.29, 1.82) is 0 Å². The van der Waals surface area contributed by atoms with Gasteiger partial charge < -0.3 is 18.9 Å². The fourth-order valence-electron chi connectivity index (χ4n) is 3.29. The van der Waals surface area contributed by atoms with Crippen molar-refractivity contribution in [1.82, 2.24) is 0 Å². The molecule has 1 amide bonds. The molecule has 33 heavy (non-hydrogen) atoms. The third kappa shape index (κ3) is 6.16. The molecule has 0 aromatic heterocycles. The Hall–Kier alpha value is -3.74. The van der Waals surface area contributed by atoms with Crippen molar-refractivity contribution in [2.75, 3.05) is 19.0 Å². The number of hydrogen-bond acceptors (Lipinski definition) is 6. The van der Waals surface area contributed by atoms with Gasteiger partial charge in [-0.3, -0.25) is 5.32 Å². The fraction of sp³-hybridized carbons (Fsp3) is 0.308. The zero-order valence-corrected chi connectivity index (χ0v) is 19.5. The van der Waals surface area contributed by atoms with Gasteiger partial charge in [-0.15, -0.1) is 0 Å². The average molecular weight is 452 g/mol. The summed E-state index contributed by atoms with van der Waals surface area (Å²) in [4.78, 5) is 24.8. The second kappa shape index (κ2) is 10.3. The van der Waals surface area contributed by atoms with Crippen molar-refractivity contribution in [2.24, 2.45) is 0 Å². The first-order valence-corrected chi connectivity index (χ1v) is 10.7. The van der Waals surface area contributed by atoms with Crippen molar-refractivity contribution in [2.45, 2.75) is 39.4 Å². The van der Waals surface area contributed by atoms with E-state index in [0.29, 0.717) is 29.4 Å². The number of anilines is 1. The predicted octanol–water partition coefficient (Wildman–Crippen LogP) is 5.88. The molecule has 0 bridgehead atoms. The van der Waals surface area contributed by atoms with Crippen LogP contribution in [-0.4, -0.2) is 31.4 Å². The molecular formula is C26H29NO6. The maximum atomic E-state index is 12.6. The van der Waals surface area contributed by atoms with Gasteiger partial charge >= 0.3 is 12.1 Å². The molecule has 174 valence electrons. The van der Waals surface area contributed by atoms with Gasteiger partial charge in [-0.25, -0.2) is 9.59 Å². The Morgan fingerprint density at radius 3 is 2.21 bits per heavy atom. The lowest BCUT2D eigenvalue weighted by Crippen LogP contribution is -2.27. The van der Waals surface area contributed by atoms with Crippen LogP contribution in [0.25, 0.3) is 10.8 Å². The van der Waals surface area contributed by atoms with E-state index in [2.05, 4.69) is 5.32 Å². The van der Waals surface area contributed by atoms with Crippen LogP contribution in [-0.2, 0) is 14.3 Å². The first-order chi connectivity index (χ1) is 15.7. The Morgan fingerprint density at radius 2 is 1.61 bits per heavy atom. The quantitative estimate of drug-likeness (QED) is 0.452. The number of benzene rings is 3. The van der Waals surface area contributed by atoms with Crippen LogP contribution in [0.1, 0.15) is 39.4 Å². The molecule has 3 aromatic rings. The molecule has 7 nitrogen and oxygen atoms in total. The number of esters is 1. The number of fused-ring (bicyclic) bond motifs is 1. The van der Waals surface area contributed by atoms with E-state index >= 15 is 0 Å². The van der Waals surface area contributed by atoms with E-state index in [1.165, 1.54) is 7.11 Å². The summed E-state index contributed by atoms with van der Waals surface area (Å²) in [5.74, 6) is 0.650. The molecule has 0 saturated heterocycles. The number of nitrogens with one attached hydrogen (secondary N) is 1. The first-order valence-electron chi connectivity index (χ1n) is 10.7. The van der Waals surface area contributed by atoms with Crippen molar-refractivity contribution in [3.05, 3.63) is 66.2 Å². The third-order valence-corrected chi connectivity index (χ3v) is 4.67. The standard InChI is InChI=1S/C26H29NO6/c1-6-31-18-13-11-17(12-14-18)23(24(28)30-5)32-22-16-15-21(19-9-7-8-10-20(19)22)27-25(29)33-26(2,3)4/h7-16,23H,6H2,1-5H3,(H,27,29). The lowest BCUT2D eigenvalue weighted by molar-refractivity contribution is -0.149. The molecule has 3 aromatic carbocycles. The molecule has 0 radical (unpaired) electrons. The van der Waals surface area contributed by atoms with E-state index in [9.17, 15) is 9.59 Å². The highest BCUT2D eigenvalue weighted by atomic mass is 16.6. The maximum absolute atomic E-state index is 12.6. The molecule has 0 aliphatic rings. The van der Waals surface area contributed by atoms with Gasteiger partial charge in [0.05, 0.1) is 19.4 Å². The van der Waals surface area contributed by atoms with Crippen LogP contribution in [0.2, 0.25) is 0 Å². The molecule has 7 heteroatoms. The van der Waals surface area contributed by atoms with E-state index in [0.717, 1.165) is 10.8 Å². The first kappa shape index (κ1) is 23.9. The van der Waals surface area contributed by atoms with Crippen molar-refractivity contribution in [3.8, 4) is 11.5 Å². The minimum atomic E-state index is -0.973. The number of rotatable bonds is 7. The summed E-state index contributed by atoms with van der Waals surface area (Å²) in [6.07, 6.45) is -1.53. The normalized spacial score (nSPS) is 12.0. The molecule has 1 N–H and O–H groups in total.